The summed E-state index contributed by atoms with van der Waals surface area (Å²) in [6.07, 6.45) is 0. The number of hydrogen-bond donors (Lipinski definition) is 0. The van der Waals surface area contributed by atoms with Gasteiger partial charge in [-0.15, -0.1) is 0 Å². The quantitative estimate of drug-likeness (QED) is 0.704. The molecule has 0 spiro atoms. The summed E-state index contributed by atoms with van der Waals surface area (Å²) in [6, 6.07) is 8.04. The molecule has 0 saturated carbocycles. The molecule has 0 radical (unpaired) electrons. The second-order valence-corrected chi connectivity index (χ2v) is 5.46. The van der Waals surface area contributed by atoms with Gasteiger partial charge in [0.05, 0.1) is 0 Å². The first-order valence-corrected chi connectivity index (χ1v) is 6.17. The molecule has 3 heteroatoms. The second kappa shape index (κ2) is 3.57. The lowest BCUT2D eigenvalue weighted by molar-refractivity contribution is -0.636. The van der Waals surface area contributed by atoms with Gasteiger partial charge in [0, 0.05) is 12.1 Å². The van der Waals surface area contributed by atoms with Crippen LogP contribution < -0.4 is 21.2 Å². The van der Waals surface area contributed by atoms with Crippen molar-refractivity contribution >= 4 is 0 Å². The zero-order valence-electron chi connectivity index (χ0n) is 7.50. The van der Waals surface area contributed by atoms with E-state index in [4.69, 9.17) is 8.83 Å². The van der Waals surface area contributed by atoms with Crippen molar-refractivity contribution < 1.29 is 30.0 Å². The Morgan fingerprint density at radius 3 is 1.62 bits per heavy atom. The summed E-state index contributed by atoms with van der Waals surface area (Å²) >= 11 is -0.263. The van der Waals surface area contributed by atoms with Gasteiger partial charge >= 0.3 is 28.7 Å². The van der Waals surface area contributed by atoms with E-state index in [9.17, 15) is 0 Å². The summed E-state index contributed by atoms with van der Waals surface area (Å²) in [5, 5.41) is 0. The van der Waals surface area contributed by atoms with Gasteiger partial charge in [-0.2, -0.15) is 0 Å². The summed E-state index contributed by atoms with van der Waals surface area (Å²) in [5.41, 5.74) is 0. The number of hydrogen-bond acceptors (Lipinski definition) is 2. The van der Waals surface area contributed by atoms with Crippen LogP contribution >= 0.6 is 0 Å². The van der Waals surface area contributed by atoms with Crippen LogP contribution in [0.5, 0.6) is 0 Å². The van der Waals surface area contributed by atoms with E-state index >= 15 is 0 Å². The van der Waals surface area contributed by atoms with Gasteiger partial charge < -0.3 is 8.83 Å². The fourth-order valence-corrected chi connectivity index (χ4v) is 3.16. The molecule has 0 N–H and O–H groups in total. The van der Waals surface area contributed by atoms with Gasteiger partial charge in [-0.25, -0.2) is 0 Å². The van der Waals surface area contributed by atoms with Crippen LogP contribution in [0.1, 0.15) is 11.5 Å². The third-order valence-electron chi connectivity index (χ3n) is 1.60. The Kier molecular flexibility index (Phi) is 2.44. The van der Waals surface area contributed by atoms with E-state index in [0.717, 1.165) is 19.1 Å². The van der Waals surface area contributed by atoms with Crippen LogP contribution in [-0.2, 0) is 0 Å². The third-order valence-corrected chi connectivity index (χ3v) is 3.82. The van der Waals surface area contributed by atoms with Crippen molar-refractivity contribution in [3.05, 3.63) is 43.3 Å². The summed E-state index contributed by atoms with van der Waals surface area (Å²) in [5.74, 6) is 1.94. The number of furan rings is 2. The molecule has 0 aliphatic rings. The van der Waals surface area contributed by atoms with E-state index in [1.807, 2.05) is 38.1 Å². The van der Waals surface area contributed by atoms with Crippen LogP contribution in [0.2, 0.25) is 0 Å². The predicted octanol–water partition coefficient (Wildman–Crippen LogP) is -0.382. The van der Waals surface area contributed by atoms with Crippen LogP contribution in [-0.4, -0.2) is 0 Å². The van der Waals surface area contributed by atoms with Crippen molar-refractivity contribution in [1.82, 2.24) is 0 Å². The predicted molar refractivity (Wildman–Crippen MR) is 44.3 cm³/mol. The van der Waals surface area contributed by atoms with Crippen molar-refractivity contribution in [2.24, 2.45) is 0 Å². The fourth-order valence-electron chi connectivity index (χ4n) is 1.00. The van der Waals surface area contributed by atoms with Crippen molar-refractivity contribution in [2.45, 2.75) is 13.8 Å². The highest BCUT2D eigenvalue weighted by atomic mass is 127. The normalized spacial score (nSPS) is 10.6. The molecule has 2 heterocycles. The molecular formula is C10H10IO2+. The maximum Gasteiger partial charge on any atom is 0.442 e. The topological polar surface area (TPSA) is 26.3 Å². The maximum atomic E-state index is 5.49. The minimum absolute atomic E-state index is 0.263. The first-order chi connectivity index (χ1) is 6.24. The third kappa shape index (κ3) is 2.15. The molecule has 68 valence electrons. The molecule has 0 aliphatic heterocycles. The van der Waals surface area contributed by atoms with E-state index in [2.05, 4.69) is 0 Å². The zero-order chi connectivity index (χ0) is 9.26. The number of rotatable bonds is 2. The molecule has 0 aromatic carbocycles. The summed E-state index contributed by atoms with van der Waals surface area (Å²) < 4.78 is 13.1. The van der Waals surface area contributed by atoms with Gasteiger partial charge in [0.15, 0.2) is 0 Å². The Bertz CT molecular complexity index is 362. The van der Waals surface area contributed by atoms with Crippen LogP contribution in [0.25, 0.3) is 0 Å². The lowest BCUT2D eigenvalue weighted by Gasteiger charge is -1.76. The Labute approximate surface area is 87.2 Å². The maximum absolute atomic E-state index is 5.49. The molecule has 0 fully saturated rings. The largest absolute Gasteiger partial charge is 0.442 e. The molecule has 0 saturated heterocycles. The first-order valence-electron chi connectivity index (χ1n) is 4.02. The van der Waals surface area contributed by atoms with Gasteiger partial charge in [-0.05, 0) is 26.0 Å². The van der Waals surface area contributed by atoms with Gasteiger partial charge in [-0.1, -0.05) is 0 Å². The van der Waals surface area contributed by atoms with E-state index in [-0.39, 0.29) is 21.2 Å². The Morgan fingerprint density at radius 1 is 0.846 bits per heavy atom. The van der Waals surface area contributed by atoms with Gasteiger partial charge in [-0.3, -0.25) is 0 Å². The van der Waals surface area contributed by atoms with E-state index in [0.29, 0.717) is 0 Å². The summed E-state index contributed by atoms with van der Waals surface area (Å²) in [4.78, 5) is 0. The van der Waals surface area contributed by atoms with Crippen molar-refractivity contribution in [1.29, 1.82) is 0 Å². The average molecular weight is 289 g/mol. The molecule has 0 bridgehead atoms. The van der Waals surface area contributed by atoms with E-state index in [1.54, 1.807) is 0 Å². The van der Waals surface area contributed by atoms with Crippen molar-refractivity contribution in [3.63, 3.8) is 0 Å². The molecule has 2 aromatic heterocycles. The molecule has 2 nitrogen and oxygen atoms in total. The number of halogens is 1. The van der Waals surface area contributed by atoms with Gasteiger partial charge in [0.25, 0.3) is 0 Å². The van der Waals surface area contributed by atoms with E-state index in [1.165, 1.54) is 0 Å². The molecule has 0 aliphatic carbocycles. The minimum atomic E-state index is -0.263. The number of aryl methyl sites for hydroxylation is 2. The van der Waals surface area contributed by atoms with E-state index < -0.39 is 0 Å². The second-order valence-electron chi connectivity index (χ2n) is 2.79. The Balaban J connectivity index is 2.14. The minimum Gasteiger partial charge on any atom is -0.424 e. The molecular weight excluding hydrogens is 279 g/mol. The molecule has 0 amide bonds. The molecule has 0 atom stereocenters. The van der Waals surface area contributed by atoms with Gasteiger partial charge in [0.1, 0.15) is 11.5 Å². The highest BCUT2D eigenvalue weighted by Crippen LogP contribution is 1.97. The lowest BCUT2D eigenvalue weighted by atomic mass is 10.5. The molecule has 2 aromatic rings. The van der Waals surface area contributed by atoms with Crippen LogP contribution in [0.15, 0.2) is 33.1 Å². The van der Waals surface area contributed by atoms with Crippen molar-refractivity contribution in [2.75, 3.05) is 0 Å². The van der Waals surface area contributed by atoms with Gasteiger partial charge in [0.2, 0.25) is 0 Å². The first kappa shape index (κ1) is 8.87. The highest BCUT2D eigenvalue weighted by molar-refractivity contribution is 4.96. The molecule has 2 rings (SSSR count). The summed E-state index contributed by atoms with van der Waals surface area (Å²) in [6.45, 7) is 3.92. The van der Waals surface area contributed by atoms with Crippen LogP contribution in [0.4, 0.5) is 0 Å². The highest BCUT2D eigenvalue weighted by Gasteiger charge is 2.23. The van der Waals surface area contributed by atoms with Crippen molar-refractivity contribution in [3.8, 4) is 0 Å². The fraction of sp³-hybridized carbons (Fsp3) is 0.200. The average Bonchev–Trinajstić information content (AvgIpc) is 2.62. The molecule has 0 unspecified atom stereocenters. The monoisotopic (exact) mass is 289 g/mol. The standard InChI is InChI=1S/C10H10IO2/c1-7-3-5-9(12-7)11-10-6-4-8(2)13-10/h3-6H,1-2H3/q+1. The zero-order valence-corrected chi connectivity index (χ0v) is 9.66. The molecule has 13 heavy (non-hydrogen) atoms. The Morgan fingerprint density at radius 2 is 1.31 bits per heavy atom. The van der Waals surface area contributed by atoms with Crippen LogP contribution in [0.3, 0.4) is 0 Å². The SMILES string of the molecule is Cc1ccc([I+]c2ccc(C)o2)o1. The lowest BCUT2D eigenvalue weighted by Crippen LogP contribution is -3.61. The van der Waals surface area contributed by atoms with Crippen LogP contribution in [0, 0.1) is 21.4 Å². The smallest absolute Gasteiger partial charge is 0.424 e. The summed E-state index contributed by atoms with van der Waals surface area (Å²) in [7, 11) is 0. The Hall–Kier alpha value is -0.710.